The van der Waals surface area contributed by atoms with E-state index < -0.39 is 0 Å². The molecule has 0 aliphatic heterocycles. The molecule has 1 radical (unpaired) electrons. The van der Waals surface area contributed by atoms with Crippen molar-refractivity contribution in [3.63, 3.8) is 0 Å². The van der Waals surface area contributed by atoms with Crippen molar-refractivity contribution >= 4 is 10.9 Å². The van der Waals surface area contributed by atoms with Crippen LogP contribution in [0.25, 0.3) is 10.9 Å². The highest BCUT2D eigenvalue weighted by Crippen LogP contribution is 2.19. The van der Waals surface area contributed by atoms with Gasteiger partial charge in [-0.3, -0.25) is 0 Å². The maximum absolute atomic E-state index is 9.16. The predicted octanol–water partition coefficient (Wildman–Crippen LogP) is 2.12. The predicted molar refractivity (Wildman–Crippen MR) is 47.9 cm³/mol. The van der Waals surface area contributed by atoms with E-state index in [1.54, 1.807) is 6.07 Å². The fraction of sp³-hybridized carbons (Fsp3) is 0. The third-order valence-electron chi connectivity index (χ3n) is 1.79. The molecule has 2 nitrogen and oxygen atoms in total. The van der Waals surface area contributed by atoms with E-state index in [2.05, 4.69) is 11.9 Å². The summed E-state index contributed by atoms with van der Waals surface area (Å²) in [7, 11) is 0. The minimum Gasteiger partial charge on any atom is -0.493 e. The van der Waals surface area contributed by atoms with Gasteiger partial charge < -0.3 is 5.11 Å². The monoisotopic (exact) mass is 158 g/mol. The first-order chi connectivity index (χ1) is 5.77. The molecule has 0 spiro atoms. The van der Waals surface area contributed by atoms with Crippen LogP contribution in [0.4, 0.5) is 0 Å². The molecule has 0 atom stereocenters. The molecule has 0 saturated heterocycles. The Morgan fingerprint density at radius 1 is 1.25 bits per heavy atom. The van der Waals surface area contributed by atoms with Crippen molar-refractivity contribution < 1.29 is 5.11 Å². The first-order valence-corrected chi connectivity index (χ1v) is 3.68. The summed E-state index contributed by atoms with van der Waals surface area (Å²) in [5.74, 6) is 0.0266. The molecule has 1 N–H and O–H groups in total. The van der Waals surface area contributed by atoms with Gasteiger partial charge in [0.2, 0.25) is 5.88 Å². The van der Waals surface area contributed by atoms with Gasteiger partial charge >= 0.3 is 0 Å². The quantitative estimate of drug-likeness (QED) is 0.637. The Labute approximate surface area is 70.5 Å². The van der Waals surface area contributed by atoms with Crippen molar-refractivity contribution in [2.45, 2.75) is 0 Å². The van der Waals surface area contributed by atoms with Crippen LogP contribution >= 0.6 is 0 Å². The standard InChI is InChI=1S/C10H8NO/c1-7-6-10(12)11-9-5-3-2-4-8(7)9/h2-6H,1H2,(H,11,12). The molecule has 2 heteroatoms. The molecule has 0 amide bonds. The molecule has 0 aliphatic carbocycles. The number of fused-ring (bicyclic) bond motifs is 1. The average molecular weight is 158 g/mol. The Bertz CT molecular complexity index is 423. The fourth-order valence-corrected chi connectivity index (χ4v) is 1.23. The van der Waals surface area contributed by atoms with Gasteiger partial charge in [0.05, 0.1) is 5.52 Å². The van der Waals surface area contributed by atoms with Gasteiger partial charge in [-0.05, 0) is 18.6 Å². The van der Waals surface area contributed by atoms with Crippen molar-refractivity contribution in [2.24, 2.45) is 0 Å². The number of aromatic nitrogens is 1. The summed E-state index contributed by atoms with van der Waals surface area (Å²) in [5.41, 5.74) is 1.58. The first kappa shape index (κ1) is 7.10. The molecule has 1 aromatic heterocycles. The first-order valence-electron chi connectivity index (χ1n) is 3.68. The van der Waals surface area contributed by atoms with E-state index in [9.17, 15) is 0 Å². The molecular weight excluding hydrogens is 150 g/mol. The summed E-state index contributed by atoms with van der Waals surface area (Å²) >= 11 is 0. The van der Waals surface area contributed by atoms with Crippen molar-refractivity contribution in [1.29, 1.82) is 0 Å². The highest BCUT2D eigenvalue weighted by Gasteiger charge is 1.99. The average Bonchev–Trinajstić information content (AvgIpc) is 2.04. The van der Waals surface area contributed by atoms with Gasteiger partial charge in [0, 0.05) is 11.5 Å². The Balaban J connectivity index is 2.89. The molecule has 0 bridgehead atoms. The van der Waals surface area contributed by atoms with Crippen LogP contribution in [0.5, 0.6) is 5.88 Å². The van der Waals surface area contributed by atoms with Crippen LogP contribution in [-0.4, -0.2) is 10.1 Å². The molecular formula is C10H8NO. The summed E-state index contributed by atoms with van der Waals surface area (Å²) in [4.78, 5) is 3.95. The van der Waals surface area contributed by atoms with Crippen LogP contribution in [0.2, 0.25) is 0 Å². The molecule has 1 aromatic carbocycles. The summed E-state index contributed by atoms with van der Waals surface area (Å²) in [6.07, 6.45) is 0. The summed E-state index contributed by atoms with van der Waals surface area (Å²) in [6.45, 7) is 3.81. The molecule has 59 valence electrons. The zero-order valence-corrected chi connectivity index (χ0v) is 6.49. The van der Waals surface area contributed by atoms with E-state index in [-0.39, 0.29) is 5.88 Å². The number of benzene rings is 1. The minimum absolute atomic E-state index is 0.0266. The second-order valence-electron chi connectivity index (χ2n) is 2.66. The van der Waals surface area contributed by atoms with E-state index in [0.29, 0.717) is 0 Å². The summed E-state index contributed by atoms with van der Waals surface area (Å²) < 4.78 is 0. The lowest BCUT2D eigenvalue weighted by Gasteiger charge is -2.00. The number of aromatic hydroxyl groups is 1. The number of pyridine rings is 1. The van der Waals surface area contributed by atoms with Crippen molar-refractivity contribution in [3.8, 4) is 5.88 Å². The molecule has 2 aromatic rings. The third kappa shape index (κ3) is 1.01. The van der Waals surface area contributed by atoms with Gasteiger partial charge in [-0.15, -0.1) is 0 Å². The number of rotatable bonds is 0. The summed E-state index contributed by atoms with van der Waals surface area (Å²) in [5, 5.41) is 10.1. The maximum Gasteiger partial charge on any atom is 0.211 e. The van der Waals surface area contributed by atoms with Crippen LogP contribution in [-0.2, 0) is 0 Å². The number of nitrogens with zero attached hydrogens (tertiary/aromatic N) is 1. The third-order valence-corrected chi connectivity index (χ3v) is 1.79. The van der Waals surface area contributed by atoms with Crippen molar-refractivity contribution in [2.75, 3.05) is 0 Å². The molecule has 12 heavy (non-hydrogen) atoms. The lowest BCUT2D eigenvalue weighted by molar-refractivity contribution is 0.455. The van der Waals surface area contributed by atoms with Crippen molar-refractivity contribution in [1.82, 2.24) is 4.98 Å². The second-order valence-corrected chi connectivity index (χ2v) is 2.66. The van der Waals surface area contributed by atoms with Crippen LogP contribution in [0.15, 0.2) is 30.3 Å². The van der Waals surface area contributed by atoms with Crippen LogP contribution in [0, 0.1) is 6.92 Å². The Morgan fingerprint density at radius 3 is 2.83 bits per heavy atom. The Kier molecular flexibility index (Phi) is 1.47. The second kappa shape index (κ2) is 2.48. The molecule has 0 fully saturated rings. The lowest BCUT2D eigenvalue weighted by Crippen LogP contribution is -1.82. The number of hydrogen-bond acceptors (Lipinski definition) is 2. The van der Waals surface area contributed by atoms with Gasteiger partial charge in [0.25, 0.3) is 0 Å². The van der Waals surface area contributed by atoms with Gasteiger partial charge in [0.1, 0.15) is 0 Å². The Morgan fingerprint density at radius 2 is 2.00 bits per heavy atom. The van der Waals surface area contributed by atoms with E-state index in [1.807, 2.05) is 24.3 Å². The Hall–Kier alpha value is -1.57. The number of hydrogen-bond donors (Lipinski definition) is 1. The maximum atomic E-state index is 9.16. The normalized spacial score (nSPS) is 10.4. The van der Waals surface area contributed by atoms with Gasteiger partial charge in [-0.1, -0.05) is 18.2 Å². The minimum atomic E-state index is 0.0266. The van der Waals surface area contributed by atoms with Crippen LogP contribution < -0.4 is 0 Å². The zero-order valence-electron chi connectivity index (χ0n) is 6.49. The zero-order chi connectivity index (χ0) is 8.55. The number of para-hydroxylation sites is 1. The van der Waals surface area contributed by atoms with Gasteiger partial charge in [-0.2, -0.15) is 0 Å². The highest BCUT2D eigenvalue weighted by molar-refractivity contribution is 5.83. The van der Waals surface area contributed by atoms with Crippen molar-refractivity contribution in [3.05, 3.63) is 42.8 Å². The van der Waals surface area contributed by atoms with Crippen LogP contribution in [0.1, 0.15) is 5.56 Å². The fourth-order valence-electron chi connectivity index (χ4n) is 1.23. The summed E-state index contributed by atoms with van der Waals surface area (Å²) in [6, 6.07) is 9.15. The van der Waals surface area contributed by atoms with E-state index >= 15 is 0 Å². The van der Waals surface area contributed by atoms with E-state index in [1.165, 1.54) is 0 Å². The van der Waals surface area contributed by atoms with E-state index in [4.69, 9.17) is 5.11 Å². The largest absolute Gasteiger partial charge is 0.493 e. The molecule has 0 saturated carbocycles. The van der Waals surface area contributed by atoms with Gasteiger partial charge in [0.15, 0.2) is 0 Å². The van der Waals surface area contributed by atoms with Gasteiger partial charge in [-0.25, -0.2) is 4.98 Å². The smallest absolute Gasteiger partial charge is 0.211 e. The van der Waals surface area contributed by atoms with E-state index in [0.717, 1.165) is 16.5 Å². The topological polar surface area (TPSA) is 33.1 Å². The SMILES string of the molecule is [CH2]c1cc(O)nc2ccccc12. The molecule has 0 unspecified atom stereocenters. The molecule has 1 heterocycles. The van der Waals surface area contributed by atoms with Crippen LogP contribution in [0.3, 0.4) is 0 Å². The molecule has 2 rings (SSSR count). The lowest BCUT2D eigenvalue weighted by atomic mass is 10.1. The molecule has 0 aliphatic rings. The highest BCUT2D eigenvalue weighted by atomic mass is 16.3.